The van der Waals surface area contributed by atoms with Crippen LogP contribution in [0.5, 0.6) is 5.75 Å². The maximum atomic E-state index is 13.5. The molecule has 2 rings (SSSR count). The normalized spacial score (nSPS) is 23.9. The molecule has 1 saturated heterocycles. The molecule has 1 N–H and O–H groups in total. The summed E-state index contributed by atoms with van der Waals surface area (Å²) in [6, 6.07) is 5.14. The van der Waals surface area contributed by atoms with Gasteiger partial charge in [0.05, 0.1) is 20.3 Å². The fourth-order valence-corrected chi connectivity index (χ4v) is 2.22. The van der Waals surface area contributed by atoms with Crippen molar-refractivity contribution >= 4 is 0 Å². The molecule has 0 spiro atoms. The first-order chi connectivity index (χ1) is 8.63. The van der Waals surface area contributed by atoms with Crippen LogP contribution in [0.15, 0.2) is 18.2 Å². The van der Waals surface area contributed by atoms with Crippen molar-refractivity contribution in [2.24, 2.45) is 0 Å². The van der Waals surface area contributed by atoms with Gasteiger partial charge in [0.15, 0.2) is 11.6 Å². The van der Waals surface area contributed by atoms with Gasteiger partial charge in [-0.05, 0) is 37.5 Å². The van der Waals surface area contributed by atoms with E-state index in [0.717, 1.165) is 31.6 Å². The van der Waals surface area contributed by atoms with Gasteiger partial charge < -0.3 is 14.8 Å². The fourth-order valence-electron chi connectivity index (χ4n) is 2.22. The number of nitrogens with one attached hydrogen (secondary N) is 1. The highest BCUT2D eigenvalue weighted by molar-refractivity contribution is 5.29. The van der Waals surface area contributed by atoms with E-state index in [-0.39, 0.29) is 11.4 Å². The lowest BCUT2D eigenvalue weighted by Crippen LogP contribution is -2.52. The SMILES string of the molecule is COc1ccc(CCC2(C)COCCN2)cc1F. The Balaban J connectivity index is 1.95. The second-order valence-corrected chi connectivity index (χ2v) is 5.01. The topological polar surface area (TPSA) is 30.5 Å². The van der Waals surface area contributed by atoms with E-state index in [4.69, 9.17) is 9.47 Å². The Morgan fingerprint density at radius 2 is 2.33 bits per heavy atom. The van der Waals surface area contributed by atoms with Gasteiger partial charge in [-0.1, -0.05) is 6.07 Å². The summed E-state index contributed by atoms with van der Waals surface area (Å²) in [5.41, 5.74) is 0.983. The lowest BCUT2D eigenvalue weighted by Gasteiger charge is -2.35. The largest absolute Gasteiger partial charge is 0.494 e. The Kier molecular flexibility index (Phi) is 4.19. The van der Waals surface area contributed by atoms with Crippen molar-refractivity contribution in [3.8, 4) is 5.75 Å². The molecule has 0 bridgehead atoms. The molecule has 0 aliphatic carbocycles. The summed E-state index contributed by atoms with van der Waals surface area (Å²) in [7, 11) is 1.47. The van der Waals surface area contributed by atoms with Gasteiger partial charge in [0.1, 0.15) is 0 Å². The van der Waals surface area contributed by atoms with Crippen LogP contribution in [-0.4, -0.2) is 32.4 Å². The van der Waals surface area contributed by atoms with Crippen molar-refractivity contribution in [3.63, 3.8) is 0 Å². The van der Waals surface area contributed by atoms with Crippen LogP contribution in [0.25, 0.3) is 0 Å². The summed E-state index contributed by atoms with van der Waals surface area (Å²) >= 11 is 0. The first-order valence-corrected chi connectivity index (χ1v) is 6.28. The van der Waals surface area contributed by atoms with Gasteiger partial charge in [-0.2, -0.15) is 0 Å². The summed E-state index contributed by atoms with van der Waals surface area (Å²) < 4.78 is 23.9. The molecule has 4 heteroatoms. The molecule has 0 saturated carbocycles. The highest BCUT2D eigenvalue weighted by atomic mass is 19.1. The molecular formula is C14H20FNO2. The molecule has 18 heavy (non-hydrogen) atoms. The number of ether oxygens (including phenoxy) is 2. The maximum absolute atomic E-state index is 13.5. The monoisotopic (exact) mass is 253 g/mol. The van der Waals surface area contributed by atoms with E-state index in [1.807, 2.05) is 6.07 Å². The van der Waals surface area contributed by atoms with Gasteiger partial charge in [-0.25, -0.2) is 4.39 Å². The van der Waals surface area contributed by atoms with Gasteiger partial charge in [0, 0.05) is 12.1 Å². The van der Waals surface area contributed by atoms with Crippen molar-refractivity contribution in [1.29, 1.82) is 0 Å². The first kappa shape index (κ1) is 13.3. The number of halogens is 1. The number of methoxy groups -OCH3 is 1. The number of hydrogen-bond acceptors (Lipinski definition) is 3. The standard InChI is InChI=1S/C14H20FNO2/c1-14(10-18-8-7-16-14)6-5-11-3-4-13(17-2)12(15)9-11/h3-4,9,16H,5-8,10H2,1-2H3. The molecule has 1 aromatic rings. The molecule has 1 unspecified atom stereocenters. The molecule has 0 aromatic heterocycles. The van der Waals surface area contributed by atoms with Crippen LogP contribution in [0.3, 0.4) is 0 Å². The lowest BCUT2D eigenvalue weighted by atomic mass is 9.93. The molecular weight excluding hydrogens is 233 g/mol. The summed E-state index contributed by atoms with van der Waals surface area (Å²) in [6.07, 6.45) is 1.76. The van der Waals surface area contributed by atoms with Gasteiger partial charge in [-0.3, -0.25) is 0 Å². The highest BCUT2D eigenvalue weighted by Crippen LogP contribution is 2.21. The molecule has 3 nitrogen and oxygen atoms in total. The number of morpholine rings is 1. The van der Waals surface area contributed by atoms with Crippen LogP contribution in [0, 0.1) is 5.82 Å². The van der Waals surface area contributed by atoms with Crippen molar-refractivity contribution in [2.45, 2.75) is 25.3 Å². The number of rotatable bonds is 4. The average molecular weight is 253 g/mol. The van der Waals surface area contributed by atoms with Gasteiger partial charge in [0.25, 0.3) is 0 Å². The third kappa shape index (κ3) is 3.21. The van der Waals surface area contributed by atoms with E-state index in [1.54, 1.807) is 12.1 Å². The van der Waals surface area contributed by atoms with Gasteiger partial charge >= 0.3 is 0 Å². The first-order valence-electron chi connectivity index (χ1n) is 6.28. The molecule has 0 amide bonds. The number of hydrogen-bond donors (Lipinski definition) is 1. The highest BCUT2D eigenvalue weighted by Gasteiger charge is 2.26. The number of benzene rings is 1. The third-order valence-corrected chi connectivity index (χ3v) is 3.40. The molecule has 1 aliphatic heterocycles. The zero-order chi connectivity index (χ0) is 13.0. The second kappa shape index (κ2) is 5.67. The molecule has 100 valence electrons. The summed E-state index contributed by atoms with van der Waals surface area (Å²) in [5.74, 6) is -0.00269. The number of aryl methyl sites for hydroxylation is 1. The van der Waals surface area contributed by atoms with Crippen molar-refractivity contribution in [1.82, 2.24) is 5.32 Å². The van der Waals surface area contributed by atoms with Crippen LogP contribution in [0.4, 0.5) is 4.39 Å². The van der Waals surface area contributed by atoms with Crippen molar-refractivity contribution in [2.75, 3.05) is 26.9 Å². The lowest BCUT2D eigenvalue weighted by molar-refractivity contribution is 0.0318. The smallest absolute Gasteiger partial charge is 0.165 e. The van der Waals surface area contributed by atoms with Crippen LogP contribution in [0.2, 0.25) is 0 Å². The molecule has 0 radical (unpaired) electrons. The Bertz CT molecular complexity index is 403. The van der Waals surface area contributed by atoms with Crippen LogP contribution >= 0.6 is 0 Å². The van der Waals surface area contributed by atoms with E-state index in [9.17, 15) is 4.39 Å². The third-order valence-electron chi connectivity index (χ3n) is 3.40. The molecule has 1 aromatic carbocycles. The Morgan fingerprint density at radius 1 is 1.50 bits per heavy atom. The quantitative estimate of drug-likeness (QED) is 0.892. The van der Waals surface area contributed by atoms with Gasteiger partial charge in [-0.15, -0.1) is 0 Å². The van der Waals surface area contributed by atoms with E-state index >= 15 is 0 Å². The Labute approximate surface area is 107 Å². The van der Waals surface area contributed by atoms with Crippen LogP contribution in [0.1, 0.15) is 18.9 Å². The molecule has 1 aliphatic rings. The van der Waals surface area contributed by atoms with Gasteiger partial charge in [0.2, 0.25) is 0 Å². The second-order valence-electron chi connectivity index (χ2n) is 5.01. The predicted octanol–water partition coefficient (Wildman–Crippen LogP) is 2.15. The van der Waals surface area contributed by atoms with Crippen molar-refractivity contribution in [3.05, 3.63) is 29.6 Å². The molecule has 1 atom stereocenters. The summed E-state index contributed by atoms with van der Waals surface area (Å²) in [5, 5.41) is 3.46. The minimum atomic E-state index is -0.298. The van der Waals surface area contributed by atoms with E-state index in [2.05, 4.69) is 12.2 Å². The predicted molar refractivity (Wildman–Crippen MR) is 68.5 cm³/mol. The summed E-state index contributed by atoms with van der Waals surface area (Å²) in [4.78, 5) is 0. The Hall–Kier alpha value is -1.13. The van der Waals surface area contributed by atoms with E-state index in [1.165, 1.54) is 7.11 Å². The molecule has 1 heterocycles. The zero-order valence-electron chi connectivity index (χ0n) is 11.0. The van der Waals surface area contributed by atoms with Crippen molar-refractivity contribution < 1.29 is 13.9 Å². The van der Waals surface area contributed by atoms with E-state index < -0.39 is 0 Å². The van der Waals surface area contributed by atoms with Crippen LogP contribution < -0.4 is 10.1 Å². The zero-order valence-corrected chi connectivity index (χ0v) is 11.0. The van der Waals surface area contributed by atoms with E-state index in [0.29, 0.717) is 12.4 Å². The average Bonchev–Trinajstić information content (AvgIpc) is 2.38. The maximum Gasteiger partial charge on any atom is 0.165 e. The minimum absolute atomic E-state index is 0.00530. The Morgan fingerprint density at radius 3 is 2.94 bits per heavy atom. The molecule has 1 fully saturated rings. The fraction of sp³-hybridized carbons (Fsp3) is 0.571. The summed E-state index contributed by atoms with van der Waals surface area (Å²) in [6.45, 7) is 4.51. The minimum Gasteiger partial charge on any atom is -0.494 e. The van der Waals surface area contributed by atoms with Crippen LogP contribution in [-0.2, 0) is 11.2 Å².